The Morgan fingerprint density at radius 2 is 0.711 bits per heavy atom. The van der Waals surface area contributed by atoms with Gasteiger partial charge in [0, 0.05) is 35.5 Å². The number of rotatable bonds is 6. The van der Waals surface area contributed by atoms with E-state index in [1.165, 1.54) is 43.4 Å². The van der Waals surface area contributed by atoms with Crippen molar-refractivity contribution < 1.29 is 0 Å². The highest BCUT2D eigenvalue weighted by Gasteiger charge is 2.15. The van der Waals surface area contributed by atoms with E-state index in [-0.39, 0.29) is 0 Å². The number of hydrogen-bond acceptors (Lipinski definition) is 2. The third-order valence-corrected chi connectivity index (χ3v) is 8.79. The molecule has 214 valence electrons. The van der Waals surface area contributed by atoms with Gasteiger partial charge in [0.15, 0.2) is 0 Å². The molecule has 0 aliphatic heterocycles. The van der Waals surface area contributed by atoms with Gasteiger partial charge in [0.1, 0.15) is 0 Å². The maximum absolute atomic E-state index is 2.34. The highest BCUT2D eigenvalue weighted by atomic mass is 15.1. The number of benzene rings is 8. The second-order valence-corrected chi connectivity index (χ2v) is 11.6. The minimum atomic E-state index is 1.11. The van der Waals surface area contributed by atoms with Crippen molar-refractivity contribution in [3.63, 3.8) is 0 Å². The third kappa shape index (κ3) is 5.17. The van der Waals surface area contributed by atoms with E-state index in [0.717, 1.165) is 28.4 Å². The minimum Gasteiger partial charge on any atom is -0.345 e. The van der Waals surface area contributed by atoms with Gasteiger partial charge in [-0.15, -0.1) is 0 Å². The second kappa shape index (κ2) is 11.3. The van der Waals surface area contributed by atoms with Gasteiger partial charge in [0.2, 0.25) is 0 Å². The van der Waals surface area contributed by atoms with Crippen molar-refractivity contribution in [3.05, 3.63) is 176 Å². The zero-order valence-electron chi connectivity index (χ0n) is 25.1. The molecule has 0 N–H and O–H groups in total. The van der Waals surface area contributed by atoms with Gasteiger partial charge in [0.25, 0.3) is 0 Å². The Morgan fingerprint density at radius 1 is 0.289 bits per heavy atom. The molecule has 0 spiro atoms. The standard InChI is InChI=1S/C43H32N2/c1-44(42-21-18-37-27-34-12-7-8-13-35(34)28-38(37)30-42)39-23-25-41(26-24-39)45(43-22-17-32-11-5-6-14-36(32)29-43)40-19-15-33(16-20-40)31-9-3-2-4-10-31/h2-30H,1H3. The quantitative estimate of drug-likeness (QED) is 0.182. The summed E-state index contributed by atoms with van der Waals surface area (Å²) < 4.78 is 0. The molecule has 2 nitrogen and oxygen atoms in total. The van der Waals surface area contributed by atoms with E-state index < -0.39 is 0 Å². The number of nitrogens with zero attached hydrogens (tertiary/aromatic N) is 2. The summed E-state index contributed by atoms with van der Waals surface area (Å²) in [6.07, 6.45) is 0. The molecule has 0 fully saturated rings. The maximum Gasteiger partial charge on any atom is 0.0468 e. The van der Waals surface area contributed by atoms with E-state index in [0.29, 0.717) is 0 Å². The molecular weight excluding hydrogens is 544 g/mol. The first-order chi connectivity index (χ1) is 22.2. The molecule has 45 heavy (non-hydrogen) atoms. The fourth-order valence-electron chi connectivity index (χ4n) is 6.31. The topological polar surface area (TPSA) is 6.48 Å². The van der Waals surface area contributed by atoms with Gasteiger partial charge in [-0.1, -0.05) is 103 Å². The monoisotopic (exact) mass is 576 g/mol. The van der Waals surface area contributed by atoms with Crippen molar-refractivity contribution in [2.45, 2.75) is 0 Å². The van der Waals surface area contributed by atoms with Crippen molar-refractivity contribution in [1.29, 1.82) is 0 Å². The molecule has 0 saturated heterocycles. The van der Waals surface area contributed by atoms with Gasteiger partial charge in [-0.25, -0.2) is 0 Å². The van der Waals surface area contributed by atoms with E-state index in [1.54, 1.807) is 0 Å². The van der Waals surface area contributed by atoms with Crippen LogP contribution in [0, 0.1) is 0 Å². The van der Waals surface area contributed by atoms with Crippen molar-refractivity contribution in [1.82, 2.24) is 0 Å². The van der Waals surface area contributed by atoms with Crippen LogP contribution in [-0.4, -0.2) is 7.05 Å². The van der Waals surface area contributed by atoms with Gasteiger partial charge in [-0.3, -0.25) is 0 Å². The summed E-state index contributed by atoms with van der Waals surface area (Å²) in [6.45, 7) is 0. The average molecular weight is 577 g/mol. The van der Waals surface area contributed by atoms with Crippen LogP contribution < -0.4 is 9.80 Å². The fraction of sp³-hybridized carbons (Fsp3) is 0.0233. The zero-order chi connectivity index (χ0) is 30.2. The molecule has 0 aliphatic carbocycles. The highest BCUT2D eigenvalue weighted by Crippen LogP contribution is 2.38. The Hall–Kier alpha value is -5.86. The molecule has 0 radical (unpaired) electrons. The molecule has 0 heterocycles. The Kier molecular flexibility index (Phi) is 6.73. The molecule has 0 atom stereocenters. The van der Waals surface area contributed by atoms with Gasteiger partial charge in [-0.2, -0.15) is 0 Å². The predicted octanol–water partition coefficient (Wildman–Crippen LogP) is 12.1. The van der Waals surface area contributed by atoms with Crippen LogP contribution in [0.15, 0.2) is 176 Å². The SMILES string of the molecule is CN(c1ccc(N(c2ccc(-c3ccccc3)cc2)c2ccc3ccccc3c2)cc1)c1ccc2cc3ccccc3cc2c1. The van der Waals surface area contributed by atoms with Crippen molar-refractivity contribution >= 4 is 60.8 Å². The van der Waals surface area contributed by atoms with Crippen LogP contribution in [0.1, 0.15) is 0 Å². The van der Waals surface area contributed by atoms with E-state index in [1.807, 2.05) is 0 Å². The molecule has 2 heteroatoms. The van der Waals surface area contributed by atoms with Crippen molar-refractivity contribution in [2.75, 3.05) is 16.8 Å². The summed E-state index contributed by atoms with van der Waals surface area (Å²) in [5.74, 6) is 0. The second-order valence-electron chi connectivity index (χ2n) is 11.6. The van der Waals surface area contributed by atoms with Gasteiger partial charge >= 0.3 is 0 Å². The number of anilines is 5. The molecule has 0 saturated carbocycles. The lowest BCUT2D eigenvalue weighted by atomic mass is 10.0. The molecule has 0 unspecified atom stereocenters. The van der Waals surface area contributed by atoms with Crippen LogP contribution in [-0.2, 0) is 0 Å². The summed E-state index contributed by atoms with van der Waals surface area (Å²) in [6, 6.07) is 63.4. The van der Waals surface area contributed by atoms with Crippen molar-refractivity contribution in [3.8, 4) is 11.1 Å². The first-order valence-corrected chi connectivity index (χ1v) is 15.4. The average Bonchev–Trinajstić information content (AvgIpc) is 3.11. The lowest BCUT2D eigenvalue weighted by Gasteiger charge is -2.27. The number of hydrogen-bond donors (Lipinski definition) is 0. The van der Waals surface area contributed by atoms with E-state index in [9.17, 15) is 0 Å². The Balaban J connectivity index is 1.15. The van der Waals surface area contributed by atoms with Crippen LogP contribution in [0.4, 0.5) is 28.4 Å². The lowest BCUT2D eigenvalue weighted by molar-refractivity contribution is 1.21. The van der Waals surface area contributed by atoms with Crippen molar-refractivity contribution in [2.24, 2.45) is 0 Å². The van der Waals surface area contributed by atoms with Crippen LogP contribution in [0.3, 0.4) is 0 Å². The summed E-state index contributed by atoms with van der Waals surface area (Å²) in [5, 5.41) is 7.50. The summed E-state index contributed by atoms with van der Waals surface area (Å²) in [7, 11) is 2.14. The smallest absolute Gasteiger partial charge is 0.0468 e. The Bertz CT molecular complexity index is 2270. The molecule has 8 rings (SSSR count). The maximum atomic E-state index is 2.34. The van der Waals surface area contributed by atoms with Crippen LogP contribution in [0.5, 0.6) is 0 Å². The molecule has 0 aliphatic rings. The summed E-state index contributed by atoms with van der Waals surface area (Å²) >= 11 is 0. The molecule has 8 aromatic carbocycles. The van der Waals surface area contributed by atoms with Crippen LogP contribution >= 0.6 is 0 Å². The summed E-state index contributed by atoms with van der Waals surface area (Å²) in [4.78, 5) is 4.60. The Labute approximate surface area is 264 Å². The highest BCUT2D eigenvalue weighted by molar-refractivity contribution is 5.99. The molecule has 0 aromatic heterocycles. The van der Waals surface area contributed by atoms with Crippen LogP contribution in [0.25, 0.3) is 43.4 Å². The zero-order valence-corrected chi connectivity index (χ0v) is 25.1. The largest absolute Gasteiger partial charge is 0.345 e. The number of fused-ring (bicyclic) bond motifs is 3. The molecule has 0 amide bonds. The Morgan fingerprint density at radius 3 is 1.40 bits per heavy atom. The van der Waals surface area contributed by atoms with E-state index in [2.05, 4.69) is 193 Å². The molecule has 8 aromatic rings. The summed E-state index contributed by atoms with van der Waals surface area (Å²) in [5.41, 5.74) is 8.08. The first kappa shape index (κ1) is 26.7. The molecular formula is C43H32N2. The minimum absolute atomic E-state index is 1.11. The van der Waals surface area contributed by atoms with Gasteiger partial charge < -0.3 is 9.80 Å². The molecule has 0 bridgehead atoms. The van der Waals surface area contributed by atoms with Gasteiger partial charge in [0.05, 0.1) is 0 Å². The fourth-order valence-corrected chi connectivity index (χ4v) is 6.31. The predicted molar refractivity (Wildman–Crippen MR) is 194 cm³/mol. The lowest BCUT2D eigenvalue weighted by Crippen LogP contribution is -2.12. The van der Waals surface area contributed by atoms with E-state index >= 15 is 0 Å². The first-order valence-electron chi connectivity index (χ1n) is 15.4. The third-order valence-electron chi connectivity index (χ3n) is 8.79. The van der Waals surface area contributed by atoms with Gasteiger partial charge in [-0.05, 0) is 116 Å². The van der Waals surface area contributed by atoms with Crippen LogP contribution in [0.2, 0.25) is 0 Å². The van der Waals surface area contributed by atoms with E-state index in [4.69, 9.17) is 0 Å². The normalized spacial score (nSPS) is 11.2.